The maximum Gasteiger partial charge on any atom is 0.227 e. The minimum atomic E-state index is 0.177. The van der Waals surface area contributed by atoms with Crippen molar-refractivity contribution in [2.45, 2.75) is 13.3 Å². The summed E-state index contributed by atoms with van der Waals surface area (Å²) in [6.07, 6.45) is 2.44. The molecule has 1 aliphatic heterocycles. The first-order chi connectivity index (χ1) is 7.61. The molecule has 0 aliphatic carbocycles. The number of rotatable bonds is 2. The molecule has 1 aromatic carbocycles. The van der Waals surface area contributed by atoms with E-state index in [0.717, 1.165) is 22.3 Å². The lowest BCUT2D eigenvalue weighted by Crippen LogP contribution is -2.24. The summed E-state index contributed by atoms with van der Waals surface area (Å²) >= 11 is 3.49. The van der Waals surface area contributed by atoms with Crippen molar-refractivity contribution in [3.8, 4) is 0 Å². The first kappa shape index (κ1) is 11.4. The lowest BCUT2D eigenvalue weighted by atomic mass is 10.1. The Balaban J connectivity index is 2.34. The van der Waals surface area contributed by atoms with Gasteiger partial charge in [0.05, 0.1) is 5.69 Å². The van der Waals surface area contributed by atoms with Gasteiger partial charge in [-0.2, -0.15) is 0 Å². The molecule has 3 heteroatoms. The lowest BCUT2D eigenvalue weighted by Gasteiger charge is -2.18. The zero-order chi connectivity index (χ0) is 11.7. The summed E-state index contributed by atoms with van der Waals surface area (Å²) in [6, 6.07) is 6.05. The first-order valence-corrected chi connectivity index (χ1v) is 6.10. The minimum absolute atomic E-state index is 0.177. The standard InChI is InChI=1S/C13H14BrNO/c1-3-10-7-13(16)15(8-10)12-6-9(2)4-5-11(12)14/h3-6,10H,1,7-8H2,2H3. The number of halogens is 1. The van der Waals surface area contributed by atoms with Gasteiger partial charge in [0.2, 0.25) is 5.91 Å². The van der Waals surface area contributed by atoms with Crippen LogP contribution in [0.3, 0.4) is 0 Å². The zero-order valence-electron chi connectivity index (χ0n) is 9.24. The number of nitrogens with zero attached hydrogens (tertiary/aromatic N) is 1. The van der Waals surface area contributed by atoms with Crippen LogP contribution < -0.4 is 4.90 Å². The number of carbonyl (C=O) groups is 1. The van der Waals surface area contributed by atoms with Gasteiger partial charge in [-0.15, -0.1) is 6.58 Å². The van der Waals surface area contributed by atoms with E-state index in [1.54, 1.807) is 0 Å². The molecule has 2 rings (SSSR count). The Morgan fingerprint density at radius 1 is 1.56 bits per heavy atom. The Hall–Kier alpha value is -1.09. The molecular formula is C13H14BrNO. The molecule has 1 unspecified atom stereocenters. The number of hydrogen-bond donors (Lipinski definition) is 0. The fourth-order valence-corrected chi connectivity index (χ4v) is 2.42. The second kappa shape index (κ2) is 4.42. The topological polar surface area (TPSA) is 20.3 Å². The van der Waals surface area contributed by atoms with Gasteiger partial charge in [0.25, 0.3) is 0 Å². The van der Waals surface area contributed by atoms with Crippen LogP contribution in [0.1, 0.15) is 12.0 Å². The lowest BCUT2D eigenvalue weighted by molar-refractivity contribution is -0.117. The number of hydrogen-bond acceptors (Lipinski definition) is 1. The van der Waals surface area contributed by atoms with Crippen LogP contribution in [0, 0.1) is 12.8 Å². The van der Waals surface area contributed by atoms with Crippen LogP contribution in [-0.4, -0.2) is 12.5 Å². The van der Waals surface area contributed by atoms with Crippen LogP contribution in [0.15, 0.2) is 35.3 Å². The van der Waals surface area contributed by atoms with Crippen molar-refractivity contribution in [1.29, 1.82) is 0 Å². The number of benzene rings is 1. The molecule has 0 spiro atoms. The maximum atomic E-state index is 11.9. The summed E-state index contributed by atoms with van der Waals surface area (Å²) in [5.41, 5.74) is 2.13. The van der Waals surface area contributed by atoms with Gasteiger partial charge in [0.15, 0.2) is 0 Å². The number of anilines is 1. The third-order valence-electron chi connectivity index (χ3n) is 2.88. The molecule has 0 saturated carbocycles. The van der Waals surface area contributed by atoms with Crippen molar-refractivity contribution in [3.63, 3.8) is 0 Å². The molecule has 0 N–H and O–H groups in total. The number of amides is 1. The van der Waals surface area contributed by atoms with E-state index in [2.05, 4.69) is 22.5 Å². The SMILES string of the molecule is C=CC1CC(=O)N(c2cc(C)ccc2Br)C1. The van der Waals surface area contributed by atoms with Crippen molar-refractivity contribution in [2.75, 3.05) is 11.4 Å². The highest BCUT2D eigenvalue weighted by molar-refractivity contribution is 9.10. The molecule has 0 bridgehead atoms. The third-order valence-corrected chi connectivity index (χ3v) is 3.55. The Labute approximate surface area is 104 Å². The fourth-order valence-electron chi connectivity index (χ4n) is 1.96. The Morgan fingerprint density at radius 2 is 2.31 bits per heavy atom. The second-order valence-electron chi connectivity index (χ2n) is 4.16. The normalized spacial score (nSPS) is 20.2. The summed E-state index contributed by atoms with van der Waals surface area (Å²) in [5, 5.41) is 0. The van der Waals surface area contributed by atoms with Crippen LogP contribution in [0.4, 0.5) is 5.69 Å². The van der Waals surface area contributed by atoms with Gasteiger partial charge in [-0.05, 0) is 40.5 Å². The predicted molar refractivity (Wildman–Crippen MR) is 69.5 cm³/mol. The summed E-state index contributed by atoms with van der Waals surface area (Å²) in [6.45, 7) is 6.52. The van der Waals surface area contributed by atoms with Crippen LogP contribution in [0.2, 0.25) is 0 Å². The van der Waals surface area contributed by atoms with Gasteiger partial charge < -0.3 is 4.90 Å². The fraction of sp³-hybridized carbons (Fsp3) is 0.308. The van der Waals surface area contributed by atoms with Gasteiger partial charge >= 0.3 is 0 Å². The minimum Gasteiger partial charge on any atom is -0.311 e. The predicted octanol–water partition coefficient (Wildman–Crippen LogP) is 3.30. The van der Waals surface area contributed by atoms with E-state index < -0.39 is 0 Å². The molecule has 1 aliphatic rings. The van der Waals surface area contributed by atoms with E-state index in [9.17, 15) is 4.79 Å². The zero-order valence-corrected chi connectivity index (χ0v) is 10.8. The summed E-state index contributed by atoms with van der Waals surface area (Å²) in [5.74, 6) is 0.455. The Morgan fingerprint density at radius 3 is 2.94 bits per heavy atom. The third kappa shape index (κ3) is 2.05. The maximum absolute atomic E-state index is 11.9. The number of aryl methyl sites for hydroxylation is 1. The number of carbonyl (C=O) groups excluding carboxylic acids is 1. The summed E-state index contributed by atoms with van der Waals surface area (Å²) in [7, 11) is 0. The monoisotopic (exact) mass is 279 g/mol. The second-order valence-corrected chi connectivity index (χ2v) is 5.01. The average Bonchev–Trinajstić information content (AvgIpc) is 2.63. The van der Waals surface area contributed by atoms with E-state index in [0.29, 0.717) is 6.42 Å². The van der Waals surface area contributed by atoms with Gasteiger partial charge in [0, 0.05) is 23.4 Å². The van der Waals surface area contributed by atoms with Gasteiger partial charge in [-0.3, -0.25) is 4.79 Å². The molecule has 1 aromatic rings. The van der Waals surface area contributed by atoms with E-state index >= 15 is 0 Å². The largest absolute Gasteiger partial charge is 0.311 e. The molecule has 1 amide bonds. The molecule has 1 fully saturated rings. The average molecular weight is 280 g/mol. The molecule has 1 heterocycles. The highest BCUT2D eigenvalue weighted by atomic mass is 79.9. The molecule has 84 valence electrons. The van der Waals surface area contributed by atoms with Gasteiger partial charge in [0.1, 0.15) is 0 Å². The first-order valence-electron chi connectivity index (χ1n) is 5.31. The highest BCUT2D eigenvalue weighted by Gasteiger charge is 2.29. The highest BCUT2D eigenvalue weighted by Crippen LogP contribution is 2.32. The molecule has 16 heavy (non-hydrogen) atoms. The molecular weight excluding hydrogens is 266 g/mol. The van der Waals surface area contributed by atoms with E-state index in [-0.39, 0.29) is 11.8 Å². The molecule has 2 nitrogen and oxygen atoms in total. The summed E-state index contributed by atoms with van der Waals surface area (Å²) in [4.78, 5) is 13.7. The van der Waals surface area contributed by atoms with E-state index in [1.165, 1.54) is 0 Å². The van der Waals surface area contributed by atoms with Gasteiger partial charge in [-0.25, -0.2) is 0 Å². The van der Waals surface area contributed by atoms with Crippen molar-refractivity contribution in [2.24, 2.45) is 5.92 Å². The van der Waals surface area contributed by atoms with Crippen LogP contribution >= 0.6 is 15.9 Å². The quantitative estimate of drug-likeness (QED) is 0.761. The van der Waals surface area contributed by atoms with Gasteiger partial charge in [-0.1, -0.05) is 12.1 Å². The smallest absolute Gasteiger partial charge is 0.227 e. The van der Waals surface area contributed by atoms with Crippen LogP contribution in [0.25, 0.3) is 0 Å². The Bertz CT molecular complexity index is 442. The van der Waals surface area contributed by atoms with E-state index in [4.69, 9.17) is 0 Å². The van der Waals surface area contributed by atoms with E-state index in [1.807, 2.05) is 36.1 Å². The molecule has 1 atom stereocenters. The molecule has 0 radical (unpaired) electrons. The Kier molecular flexibility index (Phi) is 3.15. The van der Waals surface area contributed by atoms with Crippen LogP contribution in [0.5, 0.6) is 0 Å². The van der Waals surface area contributed by atoms with Crippen molar-refractivity contribution < 1.29 is 4.79 Å². The van der Waals surface area contributed by atoms with Crippen molar-refractivity contribution in [3.05, 3.63) is 40.9 Å². The molecule has 0 aromatic heterocycles. The molecule has 1 saturated heterocycles. The van der Waals surface area contributed by atoms with Crippen molar-refractivity contribution in [1.82, 2.24) is 0 Å². The summed E-state index contributed by atoms with van der Waals surface area (Å²) < 4.78 is 0.969. The van der Waals surface area contributed by atoms with Crippen LogP contribution in [-0.2, 0) is 4.79 Å². The van der Waals surface area contributed by atoms with Crippen molar-refractivity contribution >= 4 is 27.5 Å².